The summed E-state index contributed by atoms with van der Waals surface area (Å²) in [5, 5.41) is 13.4. The van der Waals surface area contributed by atoms with Crippen molar-refractivity contribution in [3.05, 3.63) is 99.6 Å². The zero-order valence-corrected chi connectivity index (χ0v) is 31.1. The summed E-state index contributed by atoms with van der Waals surface area (Å²) in [5.41, 5.74) is 9.59. The number of anilines is 2. The molecule has 3 N–H and O–H groups in total. The van der Waals surface area contributed by atoms with Crippen LogP contribution in [0.2, 0.25) is 0 Å². The van der Waals surface area contributed by atoms with Crippen LogP contribution in [0, 0.1) is 5.92 Å². The molecule has 280 valence electrons. The second-order valence-electron chi connectivity index (χ2n) is 14.8. The highest BCUT2D eigenvalue weighted by molar-refractivity contribution is 6.01. The maximum absolute atomic E-state index is 12.6. The SMILES string of the molecule is COc1cc(-c2cn(C)c(=O)c3[nH]ncc23)cc(OC)c1CN1CCc2c(CC3CCN(c4ccc(NC5CCC(=O)NC5=O)cc4)CC3)cccc2C1. The Morgan fingerprint density at radius 1 is 0.926 bits per heavy atom. The average Bonchev–Trinajstić information content (AvgIpc) is 3.69. The lowest BCUT2D eigenvalue weighted by atomic mass is 9.85. The number of hydrogen-bond acceptors (Lipinski definition) is 9. The number of aromatic nitrogens is 3. The number of fused-ring (bicyclic) bond motifs is 2. The summed E-state index contributed by atoms with van der Waals surface area (Å²) in [6.45, 7) is 4.54. The van der Waals surface area contributed by atoms with Crippen molar-refractivity contribution >= 4 is 34.1 Å². The van der Waals surface area contributed by atoms with Crippen molar-refractivity contribution in [2.45, 2.75) is 57.7 Å². The van der Waals surface area contributed by atoms with E-state index < -0.39 is 0 Å². The molecule has 0 radical (unpaired) electrons. The normalized spacial score (nSPS) is 18.1. The van der Waals surface area contributed by atoms with Crippen molar-refractivity contribution in [1.82, 2.24) is 25.0 Å². The number of aryl methyl sites for hydroxylation is 1. The van der Waals surface area contributed by atoms with Crippen molar-refractivity contribution < 1.29 is 19.1 Å². The van der Waals surface area contributed by atoms with Gasteiger partial charge in [0.1, 0.15) is 23.1 Å². The summed E-state index contributed by atoms with van der Waals surface area (Å²) in [4.78, 5) is 41.2. The van der Waals surface area contributed by atoms with Gasteiger partial charge in [-0.25, -0.2) is 0 Å². The molecular weight excluding hydrogens is 683 g/mol. The quantitative estimate of drug-likeness (QED) is 0.166. The fraction of sp³-hybridized carbons (Fsp3) is 0.381. The molecule has 1 unspecified atom stereocenters. The summed E-state index contributed by atoms with van der Waals surface area (Å²) < 4.78 is 13.5. The molecule has 0 aliphatic carbocycles. The van der Waals surface area contributed by atoms with Crippen LogP contribution in [-0.2, 0) is 42.6 Å². The van der Waals surface area contributed by atoms with Gasteiger partial charge in [0, 0.05) is 74.7 Å². The smallest absolute Gasteiger partial charge is 0.276 e. The molecule has 2 fully saturated rings. The van der Waals surface area contributed by atoms with Gasteiger partial charge >= 0.3 is 0 Å². The van der Waals surface area contributed by atoms with E-state index in [9.17, 15) is 14.4 Å². The highest BCUT2D eigenvalue weighted by atomic mass is 16.5. The van der Waals surface area contributed by atoms with E-state index >= 15 is 0 Å². The van der Waals surface area contributed by atoms with E-state index in [1.54, 1.807) is 32.0 Å². The standard InChI is InChI=1S/C42H47N7O5/c1-47-24-34(33-22-43-46-40(33)42(47)52)29-20-37(53-2)35(38(21-29)54-3)25-48-16-15-32-27(5-4-6-28(32)23-48)19-26-13-17-49(18-14-26)31-9-7-30(8-10-31)44-36-11-12-39(50)45-41(36)51/h4-10,20-22,24,26,36,44H,11-19,23,25H2,1-3H3,(H,43,46)(H,45,50,51). The number of hydrogen-bond donors (Lipinski definition) is 3. The monoisotopic (exact) mass is 729 g/mol. The van der Waals surface area contributed by atoms with Gasteiger partial charge in [-0.15, -0.1) is 0 Å². The van der Waals surface area contributed by atoms with Gasteiger partial charge in [-0.05, 0) is 96.7 Å². The molecule has 2 amide bonds. The Bertz CT molecular complexity index is 2230. The highest BCUT2D eigenvalue weighted by Crippen LogP contribution is 2.39. The molecule has 2 saturated heterocycles. The Labute approximate surface area is 314 Å². The number of aromatic amines is 1. The van der Waals surface area contributed by atoms with Gasteiger partial charge in [-0.1, -0.05) is 18.2 Å². The van der Waals surface area contributed by atoms with Crippen LogP contribution in [0.25, 0.3) is 22.0 Å². The van der Waals surface area contributed by atoms with Gasteiger partial charge in [0.25, 0.3) is 5.56 Å². The molecule has 3 aliphatic rings. The molecule has 2 aromatic heterocycles. The third-order valence-corrected chi connectivity index (χ3v) is 11.5. The fourth-order valence-electron chi connectivity index (χ4n) is 8.48. The lowest BCUT2D eigenvalue weighted by molar-refractivity contribution is -0.133. The van der Waals surface area contributed by atoms with Crippen LogP contribution in [0.3, 0.4) is 0 Å². The second kappa shape index (κ2) is 15.0. The predicted molar refractivity (Wildman–Crippen MR) is 209 cm³/mol. The molecule has 12 heteroatoms. The molecule has 54 heavy (non-hydrogen) atoms. The first kappa shape index (κ1) is 35.4. The summed E-state index contributed by atoms with van der Waals surface area (Å²) in [6.07, 6.45) is 8.80. The van der Waals surface area contributed by atoms with E-state index in [1.807, 2.05) is 30.5 Å². The van der Waals surface area contributed by atoms with E-state index in [-0.39, 0.29) is 23.4 Å². The van der Waals surface area contributed by atoms with Crippen molar-refractivity contribution in [3.63, 3.8) is 0 Å². The van der Waals surface area contributed by atoms with Gasteiger partial charge in [0.15, 0.2) is 0 Å². The van der Waals surface area contributed by atoms with Crippen molar-refractivity contribution in [2.75, 3.05) is 44.1 Å². The number of benzene rings is 3. The molecule has 1 atom stereocenters. The number of carbonyl (C=O) groups excluding carboxylic acids is 2. The molecule has 5 aromatic rings. The summed E-state index contributed by atoms with van der Waals surface area (Å²) in [5.74, 6) is 1.68. The van der Waals surface area contributed by atoms with Crippen LogP contribution in [0.4, 0.5) is 11.4 Å². The number of amides is 2. The van der Waals surface area contributed by atoms with Crippen LogP contribution < -0.4 is 30.6 Å². The number of piperidine rings is 2. The Hall–Kier alpha value is -5.62. The van der Waals surface area contributed by atoms with Crippen LogP contribution in [0.15, 0.2) is 71.8 Å². The van der Waals surface area contributed by atoms with Crippen molar-refractivity contribution in [2.24, 2.45) is 13.0 Å². The van der Waals surface area contributed by atoms with E-state index in [4.69, 9.17) is 9.47 Å². The van der Waals surface area contributed by atoms with Gasteiger partial charge in [0.2, 0.25) is 11.8 Å². The van der Waals surface area contributed by atoms with Gasteiger partial charge in [-0.2, -0.15) is 5.10 Å². The minimum atomic E-state index is -0.379. The third-order valence-electron chi connectivity index (χ3n) is 11.5. The molecular formula is C42H47N7O5. The maximum Gasteiger partial charge on any atom is 0.276 e. The summed E-state index contributed by atoms with van der Waals surface area (Å²) in [7, 11) is 5.13. The number of rotatable bonds is 10. The molecule has 5 heterocycles. The summed E-state index contributed by atoms with van der Waals surface area (Å²) in [6, 6.07) is 18.8. The number of pyridine rings is 1. The highest BCUT2D eigenvalue weighted by Gasteiger charge is 2.28. The van der Waals surface area contributed by atoms with Crippen LogP contribution in [-0.4, -0.2) is 71.4 Å². The van der Waals surface area contributed by atoms with Gasteiger partial charge < -0.3 is 24.3 Å². The van der Waals surface area contributed by atoms with Crippen molar-refractivity contribution in [1.29, 1.82) is 0 Å². The number of carbonyl (C=O) groups is 2. The Balaban J connectivity index is 0.900. The molecule has 8 rings (SSSR count). The first-order valence-electron chi connectivity index (χ1n) is 18.8. The zero-order valence-electron chi connectivity index (χ0n) is 31.1. The minimum Gasteiger partial charge on any atom is -0.496 e. The van der Waals surface area contributed by atoms with E-state index in [0.717, 1.165) is 91.1 Å². The molecule has 3 aliphatic heterocycles. The Morgan fingerprint density at radius 2 is 1.69 bits per heavy atom. The molecule has 3 aromatic carbocycles. The number of ether oxygens (including phenoxy) is 2. The predicted octanol–water partition coefficient (Wildman–Crippen LogP) is 5.18. The topological polar surface area (TPSA) is 134 Å². The third kappa shape index (κ3) is 7.05. The first-order chi connectivity index (χ1) is 26.3. The lowest BCUT2D eigenvalue weighted by Crippen LogP contribution is -2.47. The van der Waals surface area contributed by atoms with E-state index in [2.05, 4.69) is 61.0 Å². The van der Waals surface area contributed by atoms with Gasteiger partial charge in [-0.3, -0.25) is 29.7 Å². The number of methoxy groups -OCH3 is 2. The number of nitrogens with one attached hydrogen (secondary N) is 3. The maximum atomic E-state index is 12.6. The fourth-order valence-corrected chi connectivity index (χ4v) is 8.48. The number of H-pyrrole nitrogens is 1. The molecule has 0 saturated carbocycles. The van der Waals surface area contributed by atoms with E-state index in [1.165, 1.54) is 22.4 Å². The second-order valence-corrected chi connectivity index (χ2v) is 14.8. The van der Waals surface area contributed by atoms with Crippen LogP contribution >= 0.6 is 0 Å². The molecule has 12 nitrogen and oxygen atoms in total. The number of nitrogens with zero attached hydrogens (tertiary/aromatic N) is 4. The number of imide groups is 1. The van der Waals surface area contributed by atoms with Crippen LogP contribution in [0.5, 0.6) is 11.5 Å². The first-order valence-corrected chi connectivity index (χ1v) is 18.8. The average molecular weight is 730 g/mol. The summed E-state index contributed by atoms with van der Waals surface area (Å²) >= 11 is 0. The Morgan fingerprint density at radius 3 is 2.41 bits per heavy atom. The molecule has 0 bridgehead atoms. The zero-order chi connectivity index (χ0) is 37.3. The van der Waals surface area contributed by atoms with E-state index in [0.29, 0.717) is 30.8 Å². The minimum absolute atomic E-state index is 0.122. The molecule has 0 spiro atoms. The van der Waals surface area contributed by atoms with Gasteiger partial charge in [0.05, 0.1) is 26.0 Å². The lowest BCUT2D eigenvalue weighted by Gasteiger charge is -2.35. The van der Waals surface area contributed by atoms with Crippen molar-refractivity contribution in [3.8, 4) is 22.6 Å². The Kier molecular flexibility index (Phi) is 9.85. The van der Waals surface area contributed by atoms with Crippen LogP contribution in [0.1, 0.15) is 47.9 Å². The largest absolute Gasteiger partial charge is 0.496 e.